The lowest BCUT2D eigenvalue weighted by Crippen LogP contribution is -2.62. The first-order valence-electron chi connectivity index (χ1n) is 24.4. The SMILES string of the molecule is CN1C(C2CC=CCC2)N=C(C2=CCCC=C2)NC1C1C=C(C2CCC3C(C2)OC2CCC=CC2C32C3CCCCC3C3C4=C(CCCC4)C(C#N)CC32)CCC1. The maximum absolute atomic E-state index is 10.8. The summed E-state index contributed by atoms with van der Waals surface area (Å²) in [5.41, 5.74) is 6.80. The summed E-state index contributed by atoms with van der Waals surface area (Å²) < 4.78 is 7.53. The minimum Gasteiger partial charge on any atom is -0.374 e. The van der Waals surface area contributed by atoms with Crippen LogP contribution < -0.4 is 5.32 Å². The zero-order valence-corrected chi connectivity index (χ0v) is 35.0. The predicted molar refractivity (Wildman–Crippen MR) is 230 cm³/mol. The van der Waals surface area contributed by atoms with E-state index in [2.05, 4.69) is 71.9 Å². The van der Waals surface area contributed by atoms with Crippen LogP contribution in [-0.2, 0) is 4.74 Å². The van der Waals surface area contributed by atoms with E-state index in [-0.39, 0.29) is 18.2 Å². The highest BCUT2D eigenvalue weighted by Gasteiger charge is 2.71. The summed E-state index contributed by atoms with van der Waals surface area (Å²) >= 11 is 0. The topological polar surface area (TPSA) is 60.6 Å². The molecule has 1 N–H and O–H groups in total. The van der Waals surface area contributed by atoms with Gasteiger partial charge in [0.25, 0.3) is 0 Å². The van der Waals surface area contributed by atoms with Crippen molar-refractivity contribution in [2.24, 2.45) is 69.6 Å². The molecule has 0 radical (unpaired) electrons. The summed E-state index contributed by atoms with van der Waals surface area (Å²) in [6, 6.07) is 2.95. The van der Waals surface area contributed by atoms with Gasteiger partial charge in [-0.3, -0.25) is 4.90 Å². The average molecular weight is 767 g/mol. The van der Waals surface area contributed by atoms with Crippen LogP contribution in [0.5, 0.6) is 0 Å². The zero-order chi connectivity index (χ0) is 38.1. The highest BCUT2D eigenvalue weighted by atomic mass is 16.5. The quantitative estimate of drug-likeness (QED) is 0.290. The number of ether oxygens (including phenoxy) is 1. The van der Waals surface area contributed by atoms with Gasteiger partial charge in [-0.2, -0.15) is 5.26 Å². The molecule has 57 heavy (non-hydrogen) atoms. The molecule has 2 aliphatic heterocycles. The molecular weight excluding hydrogens is 697 g/mol. The van der Waals surface area contributed by atoms with Crippen LogP contribution in [0.2, 0.25) is 0 Å². The predicted octanol–water partition coefficient (Wildman–Crippen LogP) is 11.5. The van der Waals surface area contributed by atoms with Gasteiger partial charge in [-0.1, -0.05) is 78.2 Å². The summed E-state index contributed by atoms with van der Waals surface area (Å²) in [6.07, 6.45) is 48.9. The highest BCUT2D eigenvalue weighted by molar-refractivity contribution is 6.01. The van der Waals surface area contributed by atoms with Crippen LogP contribution in [0.15, 0.2) is 75.9 Å². The maximum Gasteiger partial charge on any atom is 0.130 e. The molecule has 1 spiro atoms. The highest BCUT2D eigenvalue weighted by Crippen LogP contribution is 2.75. The van der Waals surface area contributed by atoms with Gasteiger partial charge in [-0.05, 0) is 182 Å². The van der Waals surface area contributed by atoms with Crippen molar-refractivity contribution in [1.29, 1.82) is 5.26 Å². The van der Waals surface area contributed by atoms with E-state index < -0.39 is 0 Å². The Kier molecular flexibility index (Phi) is 10.1. The van der Waals surface area contributed by atoms with Crippen molar-refractivity contribution in [3.63, 3.8) is 0 Å². The summed E-state index contributed by atoms with van der Waals surface area (Å²) in [7, 11) is 2.37. The van der Waals surface area contributed by atoms with Crippen LogP contribution in [0, 0.1) is 75.9 Å². The largest absolute Gasteiger partial charge is 0.374 e. The fraction of sp³-hybridized carbons (Fsp3) is 0.731. The molecule has 11 aliphatic rings. The molecule has 2 heterocycles. The van der Waals surface area contributed by atoms with Gasteiger partial charge in [0.2, 0.25) is 0 Å². The Bertz CT molecular complexity index is 1820. The van der Waals surface area contributed by atoms with E-state index in [4.69, 9.17) is 9.73 Å². The second-order valence-corrected chi connectivity index (χ2v) is 20.9. The first-order chi connectivity index (χ1) is 28.1. The van der Waals surface area contributed by atoms with Crippen LogP contribution in [-0.4, -0.2) is 42.3 Å². The van der Waals surface area contributed by atoms with Crippen LogP contribution in [0.25, 0.3) is 0 Å². The summed E-state index contributed by atoms with van der Waals surface area (Å²) in [5.74, 6) is 7.23. The lowest BCUT2D eigenvalue weighted by atomic mass is 9.46. The third kappa shape index (κ3) is 6.13. The maximum atomic E-state index is 10.8. The molecule has 0 bridgehead atoms. The molecule has 15 unspecified atom stereocenters. The van der Waals surface area contributed by atoms with Crippen LogP contribution >= 0.6 is 0 Å². The van der Waals surface area contributed by atoms with Crippen molar-refractivity contribution < 1.29 is 4.74 Å². The molecule has 0 aromatic heterocycles. The Morgan fingerprint density at radius 3 is 2.56 bits per heavy atom. The average Bonchev–Trinajstić information content (AvgIpc) is 3.57. The molecule has 1 saturated heterocycles. The third-order valence-electron chi connectivity index (χ3n) is 18.5. The van der Waals surface area contributed by atoms with Crippen molar-refractivity contribution in [2.45, 2.75) is 166 Å². The number of hydrogen-bond donors (Lipinski definition) is 1. The Morgan fingerprint density at radius 1 is 0.807 bits per heavy atom. The van der Waals surface area contributed by atoms with E-state index in [9.17, 15) is 5.26 Å². The molecule has 4 fully saturated rings. The van der Waals surface area contributed by atoms with E-state index in [1.165, 1.54) is 121 Å². The summed E-state index contributed by atoms with van der Waals surface area (Å²) in [6.45, 7) is 0. The zero-order valence-electron chi connectivity index (χ0n) is 35.0. The van der Waals surface area contributed by atoms with Gasteiger partial charge in [0.05, 0.1) is 30.4 Å². The minimum atomic E-state index is 0.156. The van der Waals surface area contributed by atoms with Crippen LogP contribution in [0.3, 0.4) is 0 Å². The van der Waals surface area contributed by atoms with Crippen molar-refractivity contribution in [3.05, 3.63) is 70.9 Å². The number of nitriles is 1. The number of nitrogens with zero attached hydrogens (tertiary/aromatic N) is 3. The van der Waals surface area contributed by atoms with E-state index in [0.717, 1.165) is 49.3 Å². The smallest absolute Gasteiger partial charge is 0.130 e. The molecule has 9 aliphatic carbocycles. The van der Waals surface area contributed by atoms with E-state index >= 15 is 0 Å². The van der Waals surface area contributed by atoms with Gasteiger partial charge >= 0.3 is 0 Å². The molecule has 15 atom stereocenters. The lowest BCUT2D eigenvalue weighted by Gasteiger charge is -2.63. The van der Waals surface area contributed by atoms with Crippen molar-refractivity contribution in [1.82, 2.24) is 10.2 Å². The first-order valence-corrected chi connectivity index (χ1v) is 24.4. The second-order valence-electron chi connectivity index (χ2n) is 20.9. The van der Waals surface area contributed by atoms with Crippen molar-refractivity contribution in [3.8, 4) is 6.07 Å². The van der Waals surface area contributed by atoms with Gasteiger partial charge in [0.1, 0.15) is 12.0 Å². The lowest BCUT2D eigenvalue weighted by molar-refractivity contribution is -0.226. The van der Waals surface area contributed by atoms with Crippen LogP contribution in [0.4, 0.5) is 0 Å². The molecule has 0 amide bonds. The molecular formula is C52H70N4O. The molecule has 3 saturated carbocycles. The molecule has 304 valence electrons. The first kappa shape index (κ1) is 37.3. The Hall–Kier alpha value is -2.68. The number of nitrogens with one attached hydrogen (secondary N) is 1. The molecule has 0 aromatic rings. The Morgan fingerprint density at radius 2 is 1.70 bits per heavy atom. The molecule has 5 nitrogen and oxygen atoms in total. The number of rotatable bonds is 4. The van der Waals surface area contributed by atoms with Crippen molar-refractivity contribution in [2.75, 3.05) is 7.05 Å². The van der Waals surface area contributed by atoms with E-state index in [1.807, 2.05) is 5.57 Å². The van der Waals surface area contributed by atoms with Crippen molar-refractivity contribution >= 4 is 5.84 Å². The number of allylic oxidation sites excluding steroid dienone is 8. The molecule has 5 heteroatoms. The Balaban J connectivity index is 0.905. The number of fused-ring (bicyclic) bond motifs is 10. The van der Waals surface area contributed by atoms with Gasteiger partial charge in [0, 0.05) is 17.4 Å². The normalized spacial score (nSPS) is 46.6. The van der Waals surface area contributed by atoms with Crippen LogP contribution in [0.1, 0.15) is 141 Å². The Labute approximate surface area is 344 Å². The minimum absolute atomic E-state index is 0.156. The number of amidine groups is 1. The van der Waals surface area contributed by atoms with Gasteiger partial charge in [-0.25, -0.2) is 4.99 Å². The van der Waals surface area contributed by atoms with Gasteiger partial charge in [-0.15, -0.1) is 0 Å². The van der Waals surface area contributed by atoms with Gasteiger partial charge < -0.3 is 10.1 Å². The fourth-order valence-corrected chi connectivity index (χ4v) is 16.5. The number of aliphatic imine (C=N–C) groups is 1. The van der Waals surface area contributed by atoms with E-state index in [0.29, 0.717) is 53.1 Å². The monoisotopic (exact) mass is 767 g/mol. The fourth-order valence-electron chi connectivity index (χ4n) is 16.5. The third-order valence-corrected chi connectivity index (χ3v) is 18.5. The summed E-state index contributed by atoms with van der Waals surface area (Å²) in [5, 5.41) is 14.8. The standard InChI is InChI=1S/C52H70N4O/c1-56-50(34-17-6-3-7-18-34)54-49(33-15-4-2-5-16-33)55-51(56)37-20-14-19-35(29-37)36-27-28-44-47(31-36)57-46-26-13-12-25-43(46)52(44)42-24-11-10-23-41(42)48-40-22-9-8-21-39(40)38(32-53)30-45(48)52/h3-4,6,12,15-16,25,29,34,36-38,41-48,50-51H,2,5,7-11,13-14,17-24,26-28,30-31H2,1H3,(H,54,55). The molecule has 11 rings (SSSR count). The van der Waals surface area contributed by atoms with Gasteiger partial charge in [0.15, 0.2) is 0 Å². The second kappa shape index (κ2) is 15.4. The van der Waals surface area contributed by atoms with E-state index in [1.54, 1.807) is 11.1 Å². The summed E-state index contributed by atoms with van der Waals surface area (Å²) in [4.78, 5) is 8.12. The molecule has 0 aromatic carbocycles. The number of hydrogen-bond acceptors (Lipinski definition) is 5.